The van der Waals surface area contributed by atoms with Crippen LogP contribution < -0.4 is 0 Å². The Kier molecular flexibility index (Phi) is 3.43. The molecule has 0 radical (unpaired) electrons. The average Bonchev–Trinajstić information content (AvgIpc) is 1.35. The molecule has 0 saturated heterocycles. The number of hydrogen-bond donors (Lipinski definition) is 0. The van der Waals surface area contributed by atoms with Gasteiger partial charge in [-0.3, -0.25) is 0 Å². The Bertz CT molecular complexity index is 37.3. The Morgan fingerprint density at radius 2 is 1.67 bits per heavy atom. The van der Waals surface area contributed by atoms with E-state index in [2.05, 4.69) is 35.6 Å². The summed E-state index contributed by atoms with van der Waals surface area (Å²) in [7, 11) is 0. The summed E-state index contributed by atoms with van der Waals surface area (Å²) in [6, 6.07) is 0. The van der Waals surface area contributed by atoms with Gasteiger partial charge in [0.05, 0.1) is 0 Å². The fourth-order valence-electron chi connectivity index (χ4n) is 0. The van der Waals surface area contributed by atoms with Crippen molar-refractivity contribution in [3.63, 3.8) is 0 Å². The molecule has 0 fully saturated rings. The summed E-state index contributed by atoms with van der Waals surface area (Å²) < 4.78 is 1.45. The van der Waals surface area contributed by atoms with Gasteiger partial charge in [-0.2, -0.15) is 0 Å². The fraction of sp³-hybridized carbons (Fsp3) is 1.00. The van der Waals surface area contributed by atoms with Crippen LogP contribution in [0, 0.1) is 0 Å². The molecule has 6 heavy (non-hydrogen) atoms. The molecule has 0 amide bonds. The van der Waals surface area contributed by atoms with E-state index < -0.39 is 14.2 Å². The second kappa shape index (κ2) is 2.74. The zero-order chi connectivity index (χ0) is 5.21. The molecule has 0 aromatic heterocycles. The molecule has 0 heterocycles. The summed E-state index contributed by atoms with van der Waals surface area (Å²) in [6.07, 6.45) is 0. The predicted molar refractivity (Wildman–Crippen MR) is 42.0 cm³/mol. The third kappa shape index (κ3) is 5.52. The molecule has 0 aliphatic heterocycles. The molecule has 0 N–H and O–H groups in total. The molecule has 0 nitrogen and oxygen atoms in total. The van der Waals surface area contributed by atoms with Crippen LogP contribution in [-0.4, -0.2) is 14.2 Å². The first kappa shape index (κ1) is 7.52. The van der Waals surface area contributed by atoms with E-state index in [4.69, 9.17) is 0 Å². The summed E-state index contributed by atoms with van der Waals surface area (Å²) in [5.41, 5.74) is 0. The van der Waals surface area contributed by atoms with Crippen LogP contribution in [-0.2, 0) is 0 Å². The van der Waals surface area contributed by atoms with Gasteiger partial charge in [-0.1, -0.05) is 0 Å². The van der Waals surface area contributed by atoms with E-state index in [0.717, 1.165) is 0 Å². The third-order valence-corrected chi connectivity index (χ3v) is 8.78. The van der Waals surface area contributed by atoms with Crippen molar-refractivity contribution in [2.24, 2.45) is 0 Å². The van der Waals surface area contributed by atoms with E-state index >= 15 is 0 Å². The van der Waals surface area contributed by atoms with Gasteiger partial charge >= 0.3 is 54.3 Å². The van der Waals surface area contributed by atoms with Gasteiger partial charge in [0.2, 0.25) is 0 Å². The molecule has 2 heteroatoms. The van der Waals surface area contributed by atoms with E-state index in [9.17, 15) is 0 Å². The minimum absolute atomic E-state index is 1.09. The summed E-state index contributed by atoms with van der Waals surface area (Å²) in [5.74, 6) is 0. The van der Waals surface area contributed by atoms with Crippen LogP contribution in [0.1, 0.15) is 6.92 Å². The number of halogens is 1. The molecular formula is C4H11ITe. The Morgan fingerprint density at radius 1 is 1.50 bits per heavy atom. The van der Waals surface area contributed by atoms with Crippen molar-refractivity contribution < 1.29 is 0 Å². The Morgan fingerprint density at radius 3 is 1.67 bits per heavy atom. The van der Waals surface area contributed by atoms with Crippen LogP contribution in [0.2, 0.25) is 14.4 Å². The van der Waals surface area contributed by atoms with Crippen molar-refractivity contribution in [1.82, 2.24) is 0 Å². The van der Waals surface area contributed by atoms with Crippen LogP contribution in [0.4, 0.5) is 0 Å². The van der Waals surface area contributed by atoms with E-state index in [1.165, 1.54) is 4.47 Å². The first-order valence-electron chi connectivity index (χ1n) is 1.97. The molecule has 0 rings (SSSR count). The van der Waals surface area contributed by atoms with Crippen LogP contribution in [0.3, 0.4) is 0 Å². The molecule has 0 unspecified atom stereocenters. The van der Waals surface area contributed by atoms with Crippen molar-refractivity contribution in [2.75, 3.05) is 0 Å². The van der Waals surface area contributed by atoms with E-state index in [1.54, 1.807) is 0 Å². The Labute approximate surface area is 53.8 Å². The zero-order valence-electron chi connectivity index (χ0n) is 4.49. The predicted octanol–water partition coefficient (Wildman–Crippen LogP) is 2.65. The van der Waals surface area contributed by atoms with E-state index in [-0.39, 0.29) is 0 Å². The number of hydrogen-bond acceptors (Lipinski definition) is 0. The van der Waals surface area contributed by atoms with Crippen LogP contribution in [0.5, 0.6) is 0 Å². The molecular weight excluding hydrogens is 303 g/mol. The monoisotopic (exact) mass is 316 g/mol. The first-order chi connectivity index (χ1) is 2.56. The molecule has 0 spiro atoms. The Hall–Kier alpha value is 1.52. The second-order valence-electron chi connectivity index (χ2n) is 1.69. The molecule has 0 aromatic carbocycles. The van der Waals surface area contributed by atoms with E-state index in [1.807, 2.05) is 0 Å². The summed E-state index contributed by atoms with van der Waals surface area (Å²) in [5, 5.41) is 0. The molecule has 0 saturated carbocycles. The molecule has 0 bridgehead atoms. The Balaban J connectivity index is 3.17. The third-order valence-electron chi connectivity index (χ3n) is 0.686. The second-order valence-corrected chi connectivity index (χ2v) is 27.3. The quantitative estimate of drug-likeness (QED) is 0.516. The van der Waals surface area contributed by atoms with Crippen LogP contribution in [0.25, 0.3) is 0 Å². The molecule has 0 aromatic rings. The topological polar surface area (TPSA) is 0 Å². The minimum atomic E-state index is -1.09. The first-order valence-corrected chi connectivity index (χ1v) is 15.1. The van der Waals surface area contributed by atoms with Gasteiger partial charge in [0, 0.05) is 0 Å². The summed E-state index contributed by atoms with van der Waals surface area (Å²) in [6.45, 7) is 2.29. The van der Waals surface area contributed by atoms with Crippen molar-refractivity contribution >= 4 is 32.9 Å². The average molecular weight is 314 g/mol. The normalized spacial score (nSPS) is 14.7. The van der Waals surface area contributed by atoms with Gasteiger partial charge in [0.25, 0.3) is 0 Å². The van der Waals surface area contributed by atoms with Gasteiger partial charge in [-0.15, -0.1) is 0 Å². The van der Waals surface area contributed by atoms with Gasteiger partial charge in [-0.25, -0.2) is 0 Å². The molecule has 0 aliphatic carbocycles. The zero-order valence-corrected chi connectivity index (χ0v) is 8.98. The molecule has 0 aliphatic rings. The maximum absolute atomic E-state index is 2.63. The molecule has 40 valence electrons. The SMILES string of the molecule is CC[Te](C)(C)I. The van der Waals surface area contributed by atoms with Gasteiger partial charge < -0.3 is 0 Å². The maximum atomic E-state index is 2.63. The van der Waals surface area contributed by atoms with E-state index in [0.29, 0.717) is 0 Å². The van der Waals surface area contributed by atoms with Crippen molar-refractivity contribution in [3.8, 4) is 0 Å². The number of rotatable bonds is 1. The van der Waals surface area contributed by atoms with Crippen molar-refractivity contribution in [3.05, 3.63) is 0 Å². The van der Waals surface area contributed by atoms with Gasteiger partial charge in [0.1, 0.15) is 0 Å². The van der Waals surface area contributed by atoms with Gasteiger partial charge in [0.15, 0.2) is 0 Å². The van der Waals surface area contributed by atoms with Crippen molar-refractivity contribution in [2.45, 2.75) is 21.3 Å². The summed E-state index contributed by atoms with van der Waals surface area (Å²) in [4.78, 5) is 4.84. The molecule has 0 atom stereocenters. The van der Waals surface area contributed by atoms with Crippen LogP contribution in [0.15, 0.2) is 0 Å². The summed E-state index contributed by atoms with van der Waals surface area (Å²) >= 11 is 1.54. The van der Waals surface area contributed by atoms with Crippen molar-refractivity contribution in [1.29, 1.82) is 0 Å². The fourth-order valence-corrected chi connectivity index (χ4v) is 0. The van der Waals surface area contributed by atoms with Crippen LogP contribution >= 0.6 is 18.7 Å². The standard InChI is InChI=1S/C4H11ITe/c1-4-6(2,3)5/h4H2,1-3H3. The van der Waals surface area contributed by atoms with Gasteiger partial charge in [-0.05, 0) is 0 Å².